The highest BCUT2D eigenvalue weighted by Crippen LogP contribution is 2.41. The van der Waals surface area contributed by atoms with Gasteiger partial charge < -0.3 is 23.9 Å². The Hall–Kier alpha value is -1.90. The van der Waals surface area contributed by atoms with Gasteiger partial charge in [0.05, 0.1) is 25.8 Å². The first-order valence-electron chi connectivity index (χ1n) is 11.0. The van der Waals surface area contributed by atoms with Crippen molar-refractivity contribution in [3.63, 3.8) is 0 Å². The second kappa shape index (κ2) is 9.30. The Balaban J connectivity index is 1.95. The predicted octanol–water partition coefficient (Wildman–Crippen LogP) is 4.25. The number of aromatic nitrogens is 2. The summed E-state index contributed by atoms with van der Waals surface area (Å²) >= 11 is 0. The summed E-state index contributed by atoms with van der Waals surface area (Å²) in [5.74, 6) is 2.55. The average Bonchev–Trinajstić information content (AvgIpc) is 2.72. The molecule has 1 aromatic carbocycles. The first-order valence-corrected chi connectivity index (χ1v) is 13.9. The van der Waals surface area contributed by atoms with Gasteiger partial charge in [0.25, 0.3) is 0 Å². The SMILES string of the molecule is COc1cc2ncnc(N3CCC(CCO)C(O[Si](C)(C)C(C)(C)C)C3)c2cc1OC. The van der Waals surface area contributed by atoms with Crippen molar-refractivity contribution in [2.24, 2.45) is 5.92 Å². The number of aliphatic hydroxyl groups is 1. The molecule has 1 aliphatic heterocycles. The Morgan fingerprint density at radius 2 is 1.81 bits per heavy atom. The lowest BCUT2D eigenvalue weighted by Gasteiger charge is -2.46. The molecule has 0 radical (unpaired) electrons. The molecule has 31 heavy (non-hydrogen) atoms. The van der Waals surface area contributed by atoms with E-state index in [1.165, 1.54) is 0 Å². The van der Waals surface area contributed by atoms with E-state index in [2.05, 4.69) is 48.7 Å². The van der Waals surface area contributed by atoms with Crippen molar-refractivity contribution in [1.29, 1.82) is 0 Å². The summed E-state index contributed by atoms with van der Waals surface area (Å²) in [4.78, 5) is 11.4. The van der Waals surface area contributed by atoms with Gasteiger partial charge in [-0.15, -0.1) is 0 Å². The van der Waals surface area contributed by atoms with E-state index in [0.717, 1.165) is 42.7 Å². The molecule has 0 amide bonds. The summed E-state index contributed by atoms with van der Waals surface area (Å²) in [6.45, 7) is 13.2. The van der Waals surface area contributed by atoms with Gasteiger partial charge in [-0.05, 0) is 43.0 Å². The van der Waals surface area contributed by atoms with E-state index >= 15 is 0 Å². The normalized spacial score (nSPS) is 20.2. The first-order chi connectivity index (χ1) is 14.6. The van der Waals surface area contributed by atoms with E-state index in [-0.39, 0.29) is 17.7 Å². The van der Waals surface area contributed by atoms with Crippen LogP contribution in [0.5, 0.6) is 11.5 Å². The molecule has 2 unspecified atom stereocenters. The van der Waals surface area contributed by atoms with Crippen LogP contribution in [0.4, 0.5) is 5.82 Å². The van der Waals surface area contributed by atoms with Gasteiger partial charge in [-0.3, -0.25) is 0 Å². The number of methoxy groups -OCH3 is 2. The van der Waals surface area contributed by atoms with Gasteiger partial charge in [0.2, 0.25) is 0 Å². The van der Waals surface area contributed by atoms with Crippen LogP contribution in [0, 0.1) is 5.92 Å². The zero-order chi connectivity index (χ0) is 22.8. The number of piperidine rings is 1. The van der Waals surface area contributed by atoms with Crippen LogP contribution in [0.1, 0.15) is 33.6 Å². The van der Waals surface area contributed by atoms with E-state index in [0.29, 0.717) is 17.4 Å². The summed E-state index contributed by atoms with van der Waals surface area (Å²) in [6, 6.07) is 3.84. The van der Waals surface area contributed by atoms with Gasteiger partial charge in [-0.1, -0.05) is 20.8 Å². The highest BCUT2D eigenvalue weighted by Gasteiger charge is 2.42. The molecule has 0 spiro atoms. The van der Waals surface area contributed by atoms with Crippen LogP contribution in [0.15, 0.2) is 18.5 Å². The summed E-state index contributed by atoms with van der Waals surface area (Å²) in [7, 11) is 1.31. The fourth-order valence-corrected chi connectivity index (χ4v) is 5.34. The van der Waals surface area contributed by atoms with Gasteiger partial charge in [0.15, 0.2) is 19.8 Å². The molecule has 2 aromatic rings. The summed E-state index contributed by atoms with van der Waals surface area (Å²) in [5, 5.41) is 10.7. The number of hydrogen-bond acceptors (Lipinski definition) is 7. The Kier molecular flexibility index (Phi) is 7.13. The monoisotopic (exact) mass is 447 g/mol. The Morgan fingerprint density at radius 3 is 2.42 bits per heavy atom. The van der Waals surface area contributed by atoms with Crippen molar-refractivity contribution in [2.45, 2.75) is 57.8 Å². The van der Waals surface area contributed by atoms with Crippen LogP contribution in [0.3, 0.4) is 0 Å². The predicted molar refractivity (Wildman–Crippen MR) is 127 cm³/mol. The molecule has 0 aliphatic carbocycles. The van der Waals surface area contributed by atoms with E-state index in [4.69, 9.17) is 13.9 Å². The third-order valence-electron chi connectivity index (χ3n) is 6.87. The maximum absolute atomic E-state index is 9.62. The zero-order valence-electron chi connectivity index (χ0n) is 19.9. The molecule has 2 heterocycles. The van der Waals surface area contributed by atoms with Gasteiger partial charge in [-0.25, -0.2) is 9.97 Å². The second-order valence-electron chi connectivity index (χ2n) is 9.85. The van der Waals surface area contributed by atoms with E-state index in [9.17, 15) is 5.11 Å². The van der Waals surface area contributed by atoms with Crippen LogP contribution >= 0.6 is 0 Å². The van der Waals surface area contributed by atoms with Gasteiger partial charge in [0.1, 0.15) is 12.1 Å². The molecule has 1 aliphatic rings. The quantitative estimate of drug-likeness (QED) is 0.636. The van der Waals surface area contributed by atoms with Crippen molar-refractivity contribution in [3.8, 4) is 11.5 Å². The molecule has 1 aromatic heterocycles. The lowest BCUT2D eigenvalue weighted by molar-refractivity contribution is 0.0839. The van der Waals surface area contributed by atoms with Gasteiger partial charge in [-0.2, -0.15) is 0 Å². The molecular formula is C23H37N3O4Si. The summed E-state index contributed by atoms with van der Waals surface area (Å²) in [5.41, 5.74) is 0.821. The van der Waals surface area contributed by atoms with E-state index in [1.807, 2.05) is 12.1 Å². The molecule has 8 heteroatoms. The van der Waals surface area contributed by atoms with Gasteiger partial charge >= 0.3 is 0 Å². The van der Waals surface area contributed by atoms with E-state index in [1.54, 1.807) is 20.5 Å². The third kappa shape index (κ3) is 4.96. The number of anilines is 1. The molecular weight excluding hydrogens is 410 g/mol. The molecule has 2 atom stereocenters. The number of nitrogens with zero attached hydrogens (tertiary/aromatic N) is 3. The largest absolute Gasteiger partial charge is 0.493 e. The topological polar surface area (TPSA) is 76.9 Å². The average molecular weight is 448 g/mol. The van der Waals surface area contributed by atoms with Crippen LogP contribution in [-0.4, -0.2) is 63.4 Å². The maximum atomic E-state index is 9.62. The van der Waals surface area contributed by atoms with Crippen molar-refractivity contribution >= 4 is 25.0 Å². The fraction of sp³-hybridized carbons (Fsp3) is 0.652. The zero-order valence-corrected chi connectivity index (χ0v) is 20.9. The summed E-state index contributed by atoms with van der Waals surface area (Å²) in [6.07, 6.45) is 3.39. The van der Waals surface area contributed by atoms with Crippen LogP contribution in [0.25, 0.3) is 10.9 Å². The first kappa shape index (κ1) is 23.8. The van der Waals surface area contributed by atoms with E-state index < -0.39 is 8.32 Å². The Labute approximate surface area is 186 Å². The second-order valence-corrected chi connectivity index (χ2v) is 14.6. The minimum Gasteiger partial charge on any atom is -0.493 e. The lowest BCUT2D eigenvalue weighted by Crippen LogP contribution is -2.53. The van der Waals surface area contributed by atoms with Crippen molar-refractivity contribution in [3.05, 3.63) is 18.5 Å². The van der Waals surface area contributed by atoms with Crippen LogP contribution in [-0.2, 0) is 4.43 Å². The molecule has 1 fully saturated rings. The number of aliphatic hydroxyl groups excluding tert-OH is 1. The molecule has 1 saturated heterocycles. The minimum absolute atomic E-state index is 0.0620. The third-order valence-corrected chi connectivity index (χ3v) is 11.4. The smallest absolute Gasteiger partial charge is 0.192 e. The highest BCUT2D eigenvalue weighted by molar-refractivity contribution is 6.74. The molecule has 172 valence electrons. The molecule has 0 saturated carbocycles. The highest BCUT2D eigenvalue weighted by atomic mass is 28.4. The van der Waals surface area contributed by atoms with Crippen LogP contribution in [0.2, 0.25) is 18.1 Å². The molecule has 3 rings (SSSR count). The molecule has 0 bridgehead atoms. The number of benzene rings is 1. The molecule has 1 N–H and O–H groups in total. The van der Waals surface area contributed by atoms with Gasteiger partial charge in [0, 0.05) is 31.1 Å². The number of hydrogen-bond donors (Lipinski definition) is 1. The standard InChI is InChI=1S/C23H37N3O4Si/c1-23(2,3)31(6,7)30-21-14-26(10-8-16(21)9-11-27)22-17-12-19(28-4)20(29-5)13-18(17)24-15-25-22/h12-13,15-16,21,27H,8-11,14H2,1-7H3. The molecule has 7 nitrogen and oxygen atoms in total. The lowest BCUT2D eigenvalue weighted by atomic mass is 9.91. The minimum atomic E-state index is -1.95. The van der Waals surface area contributed by atoms with Crippen LogP contribution < -0.4 is 14.4 Å². The Morgan fingerprint density at radius 1 is 1.13 bits per heavy atom. The van der Waals surface area contributed by atoms with Crippen molar-refractivity contribution in [2.75, 3.05) is 38.8 Å². The number of ether oxygens (including phenoxy) is 2. The number of fused-ring (bicyclic) bond motifs is 1. The van der Waals surface area contributed by atoms with Crippen molar-refractivity contribution in [1.82, 2.24) is 9.97 Å². The Bertz CT molecular complexity index is 900. The number of rotatable bonds is 7. The maximum Gasteiger partial charge on any atom is 0.192 e. The fourth-order valence-electron chi connectivity index (χ4n) is 3.96. The van der Waals surface area contributed by atoms with Crippen molar-refractivity contribution < 1.29 is 19.0 Å². The summed E-state index contributed by atoms with van der Waals surface area (Å²) < 4.78 is 17.8.